The molecule has 0 unspecified atom stereocenters. The third-order valence-electron chi connectivity index (χ3n) is 4.55. The molecule has 0 saturated carbocycles. The van der Waals surface area contributed by atoms with Gasteiger partial charge in [-0.1, -0.05) is 23.7 Å². The van der Waals surface area contributed by atoms with Crippen molar-refractivity contribution in [1.29, 1.82) is 0 Å². The fraction of sp³-hybridized carbons (Fsp3) is 0.316. The van der Waals surface area contributed by atoms with Gasteiger partial charge in [-0.25, -0.2) is 0 Å². The van der Waals surface area contributed by atoms with Crippen molar-refractivity contribution in [2.45, 2.75) is 6.54 Å². The quantitative estimate of drug-likeness (QED) is 0.797. The van der Waals surface area contributed by atoms with Gasteiger partial charge in [0.25, 0.3) is 5.91 Å². The summed E-state index contributed by atoms with van der Waals surface area (Å²) in [6.45, 7) is 4.11. The van der Waals surface area contributed by atoms with Gasteiger partial charge in [0.15, 0.2) is 0 Å². The lowest BCUT2D eigenvalue weighted by Gasteiger charge is -2.32. The average Bonchev–Trinajstić information content (AvgIpc) is 2.67. The maximum atomic E-state index is 12.3. The number of nitrogens with one attached hydrogen (secondary N) is 2. The third-order valence-corrected chi connectivity index (χ3v) is 4.87. The zero-order valence-electron chi connectivity index (χ0n) is 14.5. The number of pyridine rings is 1. The lowest BCUT2D eigenvalue weighted by molar-refractivity contribution is -0.917. The summed E-state index contributed by atoms with van der Waals surface area (Å²) in [7, 11) is 0. The number of carbonyl (C=O) groups excluding carboxylic acids is 2. The van der Waals surface area contributed by atoms with Gasteiger partial charge in [-0.3, -0.25) is 14.6 Å². The van der Waals surface area contributed by atoms with Gasteiger partial charge in [-0.05, 0) is 24.3 Å². The van der Waals surface area contributed by atoms with Crippen molar-refractivity contribution in [2.24, 2.45) is 0 Å². The van der Waals surface area contributed by atoms with Crippen molar-refractivity contribution >= 4 is 23.4 Å². The predicted octanol–water partition coefficient (Wildman–Crippen LogP) is 0.392. The molecule has 0 atom stereocenters. The van der Waals surface area contributed by atoms with Crippen LogP contribution in [0.4, 0.5) is 0 Å². The van der Waals surface area contributed by atoms with E-state index in [1.807, 2.05) is 17.0 Å². The second-order valence-corrected chi connectivity index (χ2v) is 6.73. The molecular weight excluding hydrogens is 352 g/mol. The van der Waals surface area contributed by atoms with E-state index in [0.717, 1.165) is 19.6 Å². The Hall–Kier alpha value is -2.44. The maximum absolute atomic E-state index is 12.3. The molecule has 0 aliphatic carbocycles. The van der Waals surface area contributed by atoms with Crippen LogP contribution in [0.2, 0.25) is 5.02 Å². The number of benzene rings is 1. The molecule has 2 aromatic rings. The van der Waals surface area contributed by atoms with E-state index in [0.29, 0.717) is 23.7 Å². The molecule has 0 radical (unpaired) electrons. The topological polar surface area (TPSA) is 66.7 Å². The Morgan fingerprint density at radius 3 is 2.50 bits per heavy atom. The van der Waals surface area contributed by atoms with E-state index >= 15 is 0 Å². The van der Waals surface area contributed by atoms with Gasteiger partial charge in [0.05, 0.1) is 43.3 Å². The summed E-state index contributed by atoms with van der Waals surface area (Å²) >= 11 is 6.00. The summed E-state index contributed by atoms with van der Waals surface area (Å²) in [6.07, 6.45) is 3.60. The molecule has 26 heavy (non-hydrogen) atoms. The van der Waals surface area contributed by atoms with Crippen molar-refractivity contribution in [3.8, 4) is 0 Å². The molecule has 1 fully saturated rings. The van der Waals surface area contributed by atoms with Crippen LogP contribution in [0.1, 0.15) is 15.9 Å². The highest BCUT2D eigenvalue weighted by molar-refractivity contribution is 6.33. The molecule has 136 valence electrons. The molecule has 1 aliphatic heterocycles. The fourth-order valence-electron chi connectivity index (χ4n) is 3.05. The van der Waals surface area contributed by atoms with Gasteiger partial charge < -0.3 is 15.1 Å². The van der Waals surface area contributed by atoms with Crippen LogP contribution in [0, 0.1) is 0 Å². The number of quaternary nitrogens is 1. The summed E-state index contributed by atoms with van der Waals surface area (Å²) < 4.78 is 0. The minimum atomic E-state index is -0.328. The van der Waals surface area contributed by atoms with Crippen LogP contribution in [0.25, 0.3) is 0 Å². The van der Waals surface area contributed by atoms with E-state index in [2.05, 4.69) is 10.3 Å². The highest BCUT2D eigenvalue weighted by Gasteiger charge is 2.24. The number of rotatable bonds is 5. The van der Waals surface area contributed by atoms with Crippen LogP contribution >= 0.6 is 11.6 Å². The Morgan fingerprint density at radius 2 is 1.81 bits per heavy atom. The Kier molecular flexibility index (Phi) is 6.20. The minimum absolute atomic E-state index is 0.0102. The largest absolute Gasteiger partial charge is 0.343 e. The van der Waals surface area contributed by atoms with Crippen LogP contribution in [0.5, 0.6) is 0 Å². The van der Waals surface area contributed by atoms with E-state index in [-0.39, 0.29) is 18.4 Å². The monoisotopic (exact) mass is 373 g/mol. The number of carbonyl (C=O) groups is 2. The number of hydrogen-bond acceptors (Lipinski definition) is 3. The molecule has 0 spiro atoms. The molecule has 1 aromatic carbocycles. The highest BCUT2D eigenvalue weighted by atomic mass is 35.5. The molecule has 7 heteroatoms. The Balaban J connectivity index is 1.44. The van der Waals surface area contributed by atoms with E-state index < -0.39 is 0 Å². The van der Waals surface area contributed by atoms with E-state index in [9.17, 15) is 9.59 Å². The number of aromatic nitrogens is 1. The summed E-state index contributed by atoms with van der Waals surface area (Å²) in [6, 6.07) is 10.8. The van der Waals surface area contributed by atoms with Crippen LogP contribution in [-0.2, 0) is 11.3 Å². The second-order valence-electron chi connectivity index (χ2n) is 6.33. The SMILES string of the molecule is O=C(NCC(=O)N1CC[NH+](Cc2ccncc2)CC1)c1ccccc1Cl. The van der Waals surface area contributed by atoms with Gasteiger partial charge in [-0.15, -0.1) is 0 Å². The van der Waals surface area contributed by atoms with E-state index in [4.69, 9.17) is 11.6 Å². The number of hydrogen-bond donors (Lipinski definition) is 2. The normalized spacial score (nSPS) is 14.9. The van der Waals surface area contributed by atoms with Gasteiger partial charge in [0.2, 0.25) is 5.91 Å². The smallest absolute Gasteiger partial charge is 0.253 e. The average molecular weight is 374 g/mol. The van der Waals surface area contributed by atoms with Crippen molar-refractivity contribution in [2.75, 3.05) is 32.7 Å². The molecular formula is C19H22ClN4O2+. The first kappa shape index (κ1) is 18.4. The molecule has 1 aromatic heterocycles. The number of nitrogens with zero attached hydrogens (tertiary/aromatic N) is 2. The first-order valence-electron chi connectivity index (χ1n) is 8.66. The molecule has 2 amide bonds. The first-order chi connectivity index (χ1) is 12.6. The minimum Gasteiger partial charge on any atom is -0.343 e. The molecule has 3 rings (SSSR count). The first-order valence-corrected chi connectivity index (χ1v) is 9.04. The molecule has 1 aliphatic rings. The maximum Gasteiger partial charge on any atom is 0.253 e. The summed E-state index contributed by atoms with van der Waals surface area (Å²) in [5.41, 5.74) is 1.63. The van der Waals surface area contributed by atoms with E-state index in [1.54, 1.807) is 36.7 Å². The lowest BCUT2D eigenvalue weighted by atomic mass is 10.2. The van der Waals surface area contributed by atoms with Crippen LogP contribution in [-0.4, -0.2) is 54.4 Å². The molecule has 6 nitrogen and oxygen atoms in total. The molecule has 2 N–H and O–H groups in total. The van der Waals surface area contributed by atoms with Crippen molar-refractivity contribution in [1.82, 2.24) is 15.2 Å². The lowest BCUT2D eigenvalue weighted by Crippen LogP contribution is -3.13. The van der Waals surface area contributed by atoms with E-state index in [1.165, 1.54) is 10.5 Å². The number of piperazine rings is 1. The van der Waals surface area contributed by atoms with Crippen molar-refractivity contribution in [3.05, 3.63) is 64.9 Å². The van der Waals surface area contributed by atoms with Crippen LogP contribution in [0.15, 0.2) is 48.8 Å². The predicted molar refractivity (Wildman–Crippen MR) is 99.0 cm³/mol. The zero-order valence-corrected chi connectivity index (χ0v) is 15.2. The molecule has 0 bridgehead atoms. The Labute approximate surface area is 157 Å². The van der Waals surface area contributed by atoms with Crippen molar-refractivity contribution < 1.29 is 14.5 Å². The molecule has 2 heterocycles. The second kappa shape index (κ2) is 8.78. The van der Waals surface area contributed by atoms with Gasteiger partial charge >= 0.3 is 0 Å². The fourth-order valence-corrected chi connectivity index (χ4v) is 3.27. The standard InChI is InChI=1S/C19H21ClN4O2/c20-17-4-2-1-3-16(17)19(26)22-13-18(25)24-11-9-23(10-12-24)14-15-5-7-21-8-6-15/h1-8H,9-14H2,(H,22,26)/p+1. The highest BCUT2D eigenvalue weighted by Crippen LogP contribution is 2.14. The van der Waals surface area contributed by atoms with Gasteiger partial charge in [0, 0.05) is 18.0 Å². The van der Waals surface area contributed by atoms with Crippen LogP contribution in [0.3, 0.4) is 0 Å². The van der Waals surface area contributed by atoms with Crippen LogP contribution < -0.4 is 10.2 Å². The number of amides is 2. The third kappa shape index (κ3) is 4.80. The Morgan fingerprint density at radius 1 is 1.12 bits per heavy atom. The number of halogens is 1. The summed E-state index contributed by atoms with van der Waals surface area (Å²) in [5, 5.41) is 3.04. The summed E-state index contributed by atoms with van der Waals surface area (Å²) in [4.78, 5) is 31.8. The Bertz CT molecular complexity index is 761. The van der Waals surface area contributed by atoms with Crippen molar-refractivity contribution in [3.63, 3.8) is 0 Å². The summed E-state index contributed by atoms with van der Waals surface area (Å²) in [5.74, 6) is -0.390. The van der Waals surface area contributed by atoms with Gasteiger partial charge in [-0.2, -0.15) is 0 Å². The zero-order chi connectivity index (χ0) is 18.4. The van der Waals surface area contributed by atoms with Gasteiger partial charge in [0.1, 0.15) is 6.54 Å². The molecule has 1 saturated heterocycles.